The molecule has 4 N–H and O–H groups in total. The number of carbonyl (C=O) groups excluding carboxylic acids is 1. The standard InChI is InChI=1S/C8H8F3NO.C7H6F3NO.C7H3NO.C7H4O.6FH/c1-5-3-6(8(9,10)11)4-7(13)12(5)2;1-4-2-5(7(8,9)10)3-6(12)11-4;8-6-4-2-1-3-5-7-9;1-2-3-4-5-6-7-8;;;;;;/h3-4H,1-2H3;2-3H,1H3,(H,11,12);7H,8H2;8H,1H3;6*1H. The van der Waals surface area contributed by atoms with Gasteiger partial charge in [-0.2, -0.15) is 26.3 Å². The van der Waals surface area contributed by atoms with Crippen molar-refractivity contribution in [3.63, 3.8) is 0 Å². The second-order valence-electron chi connectivity index (χ2n) is 6.96. The van der Waals surface area contributed by atoms with Crippen molar-refractivity contribution in [1.29, 1.82) is 0 Å². The Morgan fingerprint density at radius 3 is 1.60 bits per heavy atom. The van der Waals surface area contributed by atoms with E-state index in [0.29, 0.717) is 24.1 Å². The monoisotopic (exact) mass is 709 g/mol. The number of nitrogens with two attached hydrogens (primary N) is 1. The fourth-order valence-electron chi connectivity index (χ4n) is 2.09. The van der Waals surface area contributed by atoms with Gasteiger partial charge in [0.2, 0.25) is 5.56 Å². The fraction of sp³-hybridized carbons (Fsp3) is 0.207. The van der Waals surface area contributed by atoms with Crippen LogP contribution in [0.25, 0.3) is 0 Å². The molecular weight excluding hydrogens is 682 g/mol. The Labute approximate surface area is 265 Å². The van der Waals surface area contributed by atoms with E-state index < -0.39 is 34.6 Å². The molecule has 2 aromatic heterocycles. The van der Waals surface area contributed by atoms with Crippen LogP contribution < -0.4 is 16.9 Å². The van der Waals surface area contributed by atoms with Crippen LogP contribution in [0.4, 0.5) is 54.6 Å². The fourth-order valence-corrected chi connectivity index (χ4v) is 2.09. The van der Waals surface area contributed by atoms with Crippen LogP contribution in [0.3, 0.4) is 0 Å². The van der Waals surface area contributed by atoms with Gasteiger partial charge in [-0.1, -0.05) is 5.92 Å². The Hall–Kier alpha value is -6.31. The second kappa shape index (κ2) is 32.1. The number of hydrogen-bond acceptors (Lipinski definition) is 5. The lowest BCUT2D eigenvalue weighted by Crippen LogP contribution is -2.21. The van der Waals surface area contributed by atoms with Crippen molar-refractivity contribution in [3.05, 3.63) is 67.5 Å². The maximum Gasteiger partial charge on any atom is 0.416 e. The van der Waals surface area contributed by atoms with Crippen LogP contribution in [-0.4, -0.2) is 20.9 Å². The summed E-state index contributed by atoms with van der Waals surface area (Å²) in [5.74, 6) is 23.0. The van der Waals surface area contributed by atoms with Gasteiger partial charge in [-0.25, -0.2) is 0 Å². The third kappa shape index (κ3) is 29.7. The van der Waals surface area contributed by atoms with Crippen LogP contribution in [0.15, 0.2) is 33.9 Å². The predicted octanol–water partition coefficient (Wildman–Crippen LogP) is 3.79. The smallest absolute Gasteiger partial charge is 0.416 e. The summed E-state index contributed by atoms with van der Waals surface area (Å²) in [7, 11) is 1.43. The Bertz CT molecular complexity index is 1710. The van der Waals surface area contributed by atoms with Gasteiger partial charge in [0.1, 0.15) is 6.11 Å². The summed E-state index contributed by atoms with van der Waals surface area (Å²) < 4.78 is 73.5. The first-order chi connectivity index (χ1) is 19.5. The number of rotatable bonds is 0. The maximum absolute atomic E-state index is 12.1. The molecular formula is C29H27F12N3O4. The van der Waals surface area contributed by atoms with Crippen LogP contribution in [0.2, 0.25) is 0 Å². The minimum Gasteiger partial charge on any atom is -0.461 e. The number of aryl methyl sites for hydroxylation is 2. The summed E-state index contributed by atoms with van der Waals surface area (Å²) in [5, 5.41) is 7.85. The second-order valence-corrected chi connectivity index (χ2v) is 6.96. The van der Waals surface area contributed by atoms with Gasteiger partial charge < -0.3 is 20.4 Å². The highest BCUT2D eigenvalue weighted by Gasteiger charge is 2.31. The van der Waals surface area contributed by atoms with Gasteiger partial charge in [0.05, 0.1) is 11.1 Å². The number of nitrogens with one attached hydrogen (secondary N) is 1. The van der Waals surface area contributed by atoms with E-state index in [2.05, 4.69) is 70.2 Å². The Morgan fingerprint density at radius 1 is 0.750 bits per heavy atom. The van der Waals surface area contributed by atoms with E-state index >= 15 is 0 Å². The number of aliphatic hydroxyl groups is 1. The van der Waals surface area contributed by atoms with Gasteiger partial charge in [-0.3, -0.25) is 42.6 Å². The highest BCUT2D eigenvalue weighted by atomic mass is 19.4. The molecule has 2 heterocycles. The van der Waals surface area contributed by atoms with E-state index in [-0.39, 0.29) is 33.9 Å². The summed E-state index contributed by atoms with van der Waals surface area (Å²) >= 11 is 0. The van der Waals surface area contributed by atoms with Gasteiger partial charge in [0.15, 0.2) is 6.29 Å². The van der Waals surface area contributed by atoms with E-state index in [1.807, 2.05) is 0 Å². The molecule has 0 amide bonds. The zero-order valence-corrected chi connectivity index (χ0v) is 24.8. The third-order valence-electron chi connectivity index (χ3n) is 3.90. The molecule has 266 valence electrons. The molecule has 2 rings (SSSR count). The zero-order chi connectivity index (χ0) is 32.8. The van der Waals surface area contributed by atoms with Crippen molar-refractivity contribution in [2.24, 2.45) is 12.8 Å². The number of aldehydes is 1. The van der Waals surface area contributed by atoms with Crippen LogP contribution in [0.5, 0.6) is 0 Å². The minimum absolute atomic E-state index is 0. The Morgan fingerprint density at radius 2 is 1.21 bits per heavy atom. The highest BCUT2D eigenvalue weighted by Crippen LogP contribution is 2.28. The molecule has 0 fully saturated rings. The summed E-state index contributed by atoms with van der Waals surface area (Å²) in [6.07, 6.45) is -6.79. The van der Waals surface area contributed by atoms with Gasteiger partial charge >= 0.3 is 12.4 Å². The number of aromatic amines is 1. The van der Waals surface area contributed by atoms with Crippen molar-refractivity contribution >= 4 is 6.29 Å². The molecule has 48 heavy (non-hydrogen) atoms. The predicted molar refractivity (Wildman–Crippen MR) is 158 cm³/mol. The van der Waals surface area contributed by atoms with Crippen molar-refractivity contribution in [2.75, 3.05) is 0 Å². The molecule has 0 radical (unpaired) electrons. The number of nitrogens with zero attached hydrogens (tertiary/aromatic N) is 1. The van der Waals surface area contributed by atoms with E-state index in [9.17, 15) is 40.7 Å². The molecule has 19 heteroatoms. The highest BCUT2D eigenvalue weighted by molar-refractivity contribution is 5.73. The summed E-state index contributed by atoms with van der Waals surface area (Å²) in [5.41, 5.74) is 2.07. The zero-order valence-electron chi connectivity index (χ0n) is 24.8. The minimum atomic E-state index is -4.45. The number of H-pyrrole nitrogens is 1. The number of aliphatic hydroxyl groups excluding tert-OH is 1. The quantitative estimate of drug-likeness (QED) is 0.167. The molecule has 0 saturated heterocycles. The first kappa shape index (κ1) is 60.8. The van der Waals surface area contributed by atoms with E-state index in [1.165, 1.54) is 20.9 Å². The molecule has 0 saturated carbocycles. The number of alkyl halides is 6. The van der Waals surface area contributed by atoms with E-state index in [4.69, 9.17) is 10.8 Å². The lowest BCUT2D eigenvalue weighted by atomic mass is 10.2. The number of pyridine rings is 2. The molecule has 0 unspecified atom stereocenters. The molecule has 0 aliphatic carbocycles. The van der Waals surface area contributed by atoms with Crippen LogP contribution in [0, 0.1) is 85.2 Å². The third-order valence-corrected chi connectivity index (χ3v) is 3.90. The molecule has 7 nitrogen and oxygen atoms in total. The van der Waals surface area contributed by atoms with Crippen LogP contribution >= 0.6 is 0 Å². The van der Waals surface area contributed by atoms with E-state index in [1.54, 1.807) is 13.0 Å². The van der Waals surface area contributed by atoms with Crippen LogP contribution in [-0.2, 0) is 24.2 Å². The number of hydrogen-bond donors (Lipinski definition) is 3. The molecule has 0 aliphatic rings. The summed E-state index contributed by atoms with van der Waals surface area (Å²) in [4.78, 5) is 33.3. The molecule has 2 aromatic rings. The summed E-state index contributed by atoms with van der Waals surface area (Å²) in [6.45, 7) is 4.54. The van der Waals surface area contributed by atoms with Crippen molar-refractivity contribution in [2.45, 2.75) is 33.1 Å². The van der Waals surface area contributed by atoms with Crippen molar-refractivity contribution in [1.82, 2.24) is 9.55 Å². The molecule has 0 aromatic carbocycles. The average Bonchev–Trinajstić information content (AvgIpc) is 2.89. The van der Waals surface area contributed by atoms with Crippen molar-refractivity contribution in [3.8, 4) is 71.4 Å². The topological polar surface area (TPSA) is 118 Å². The van der Waals surface area contributed by atoms with Crippen molar-refractivity contribution < 1.29 is 64.5 Å². The number of halogens is 12. The maximum atomic E-state index is 12.1. The van der Waals surface area contributed by atoms with Gasteiger partial charge in [0.25, 0.3) is 5.56 Å². The SMILES string of the molecule is CC#CC#CC#CO.Cc1cc(C(F)(F)F)cc(=O)[nH]1.Cc1cc(C(F)(F)F)cc(=O)n1C.F.F.F.F.F.F.NC#CC#CC#CC=O. The Balaban J connectivity index is -0.0000000723. The first-order valence-electron chi connectivity index (χ1n) is 10.8. The molecule has 0 bridgehead atoms. The molecule has 0 spiro atoms. The lowest BCUT2D eigenvalue weighted by molar-refractivity contribution is -0.138. The van der Waals surface area contributed by atoms with Gasteiger partial charge in [-0.05, 0) is 62.5 Å². The molecule has 0 atom stereocenters. The average molecular weight is 710 g/mol. The normalized spacial score (nSPS) is 7.46. The largest absolute Gasteiger partial charge is 0.461 e. The number of aromatic nitrogens is 2. The summed E-state index contributed by atoms with van der Waals surface area (Å²) in [6, 6.07) is 5.03. The Kier molecular flexibility index (Phi) is 40.7. The van der Waals surface area contributed by atoms with Gasteiger partial charge in [0, 0.05) is 60.3 Å². The molecule has 0 aliphatic heterocycles. The van der Waals surface area contributed by atoms with Gasteiger partial charge in [-0.15, -0.1) is 0 Å². The lowest BCUT2D eigenvalue weighted by Gasteiger charge is -2.09. The first-order valence-corrected chi connectivity index (χ1v) is 10.8. The number of carbonyl (C=O) groups is 1. The van der Waals surface area contributed by atoms with E-state index in [0.717, 1.165) is 16.7 Å². The van der Waals surface area contributed by atoms with Crippen LogP contribution in [0.1, 0.15) is 29.4 Å².